The number of aromatic nitrogens is 2. The molecule has 4 rings (SSSR count). The van der Waals surface area contributed by atoms with Gasteiger partial charge in [-0.1, -0.05) is 23.7 Å². The summed E-state index contributed by atoms with van der Waals surface area (Å²) < 4.78 is 25.0. The highest BCUT2D eigenvalue weighted by Crippen LogP contribution is 2.20. The molecule has 0 amide bonds. The average molecular weight is 418 g/mol. The minimum atomic E-state index is -2.97. The molecule has 1 N–H and O–H groups in total. The van der Waals surface area contributed by atoms with Gasteiger partial charge in [0.25, 0.3) is 5.56 Å². The second-order valence-corrected chi connectivity index (χ2v) is 9.73. The first kappa shape index (κ1) is 19.1. The van der Waals surface area contributed by atoms with Crippen molar-refractivity contribution in [1.82, 2.24) is 14.9 Å². The van der Waals surface area contributed by atoms with E-state index in [0.717, 1.165) is 16.6 Å². The van der Waals surface area contributed by atoms with Gasteiger partial charge in [0.15, 0.2) is 9.84 Å². The smallest absolute Gasteiger partial charge is 0.255 e. The van der Waals surface area contributed by atoms with Crippen LogP contribution in [-0.4, -0.2) is 35.5 Å². The summed E-state index contributed by atoms with van der Waals surface area (Å²) in [7, 11) is -2.97. The molecule has 0 spiro atoms. The normalized spacial score (nSPS) is 18.5. The molecule has 1 atom stereocenters. The molecule has 0 saturated carbocycles. The Bertz CT molecular complexity index is 1180. The van der Waals surface area contributed by atoms with Gasteiger partial charge in [0.05, 0.1) is 29.3 Å². The Hall–Kier alpha value is -2.22. The number of benzene rings is 1. The number of pyridine rings is 2. The van der Waals surface area contributed by atoms with E-state index < -0.39 is 9.84 Å². The predicted molar refractivity (Wildman–Crippen MR) is 110 cm³/mol. The third kappa shape index (κ3) is 4.11. The van der Waals surface area contributed by atoms with Crippen LogP contribution in [0.25, 0.3) is 10.9 Å². The number of hydrogen-bond donors (Lipinski definition) is 1. The summed E-state index contributed by atoms with van der Waals surface area (Å²) in [5.74, 6) is 0.323. The molecule has 28 heavy (non-hydrogen) atoms. The summed E-state index contributed by atoms with van der Waals surface area (Å²) in [6.45, 7) is 0.655. The third-order valence-electron chi connectivity index (χ3n) is 4.99. The van der Waals surface area contributed by atoms with Crippen LogP contribution in [0.5, 0.6) is 0 Å². The summed E-state index contributed by atoms with van der Waals surface area (Å²) >= 11 is 6.16. The number of sulfone groups is 1. The Morgan fingerprint density at radius 3 is 2.79 bits per heavy atom. The maximum Gasteiger partial charge on any atom is 0.255 e. The quantitative estimate of drug-likeness (QED) is 0.689. The molecular weight excluding hydrogens is 398 g/mol. The zero-order chi connectivity index (χ0) is 19.7. The first-order chi connectivity index (χ1) is 13.4. The second-order valence-electron chi connectivity index (χ2n) is 7.07. The molecule has 0 radical (unpaired) electrons. The van der Waals surface area contributed by atoms with Crippen molar-refractivity contribution >= 4 is 32.3 Å². The fourth-order valence-electron chi connectivity index (χ4n) is 3.55. The van der Waals surface area contributed by atoms with Crippen molar-refractivity contribution in [2.24, 2.45) is 0 Å². The van der Waals surface area contributed by atoms with Gasteiger partial charge in [-0.05, 0) is 42.1 Å². The predicted octanol–water partition coefficient (Wildman–Crippen LogP) is 2.37. The Balaban J connectivity index is 1.70. The summed E-state index contributed by atoms with van der Waals surface area (Å²) in [5, 5.41) is 4.69. The van der Waals surface area contributed by atoms with E-state index in [-0.39, 0.29) is 23.1 Å². The van der Waals surface area contributed by atoms with E-state index in [2.05, 4.69) is 10.3 Å². The van der Waals surface area contributed by atoms with Gasteiger partial charge in [-0.2, -0.15) is 0 Å². The van der Waals surface area contributed by atoms with Crippen molar-refractivity contribution in [3.8, 4) is 0 Å². The molecule has 1 unspecified atom stereocenters. The van der Waals surface area contributed by atoms with Crippen LogP contribution in [0.3, 0.4) is 0 Å². The first-order valence-electron chi connectivity index (χ1n) is 9.07. The number of halogens is 1. The molecule has 0 aliphatic carbocycles. The molecule has 1 aliphatic heterocycles. The Labute approximate surface area is 168 Å². The number of nitrogens with zero attached hydrogens (tertiary/aromatic N) is 2. The zero-order valence-corrected chi connectivity index (χ0v) is 16.7. The molecule has 8 heteroatoms. The minimum Gasteiger partial charge on any atom is -0.309 e. The minimum absolute atomic E-state index is 0.116. The van der Waals surface area contributed by atoms with Gasteiger partial charge in [0.1, 0.15) is 0 Å². The van der Waals surface area contributed by atoms with Crippen molar-refractivity contribution in [2.75, 3.05) is 11.5 Å². The molecular formula is C20H20ClN3O3S. The highest BCUT2D eigenvalue weighted by molar-refractivity contribution is 7.91. The zero-order valence-electron chi connectivity index (χ0n) is 15.1. The summed E-state index contributed by atoms with van der Waals surface area (Å²) in [6.07, 6.45) is 2.27. The Morgan fingerprint density at radius 1 is 1.21 bits per heavy atom. The van der Waals surface area contributed by atoms with Gasteiger partial charge in [0.2, 0.25) is 0 Å². The molecule has 1 aliphatic rings. The van der Waals surface area contributed by atoms with Gasteiger partial charge in [-0.25, -0.2) is 8.42 Å². The topological polar surface area (TPSA) is 81.1 Å². The van der Waals surface area contributed by atoms with E-state index in [0.29, 0.717) is 30.1 Å². The van der Waals surface area contributed by atoms with Crippen LogP contribution in [0.4, 0.5) is 0 Å². The lowest BCUT2D eigenvalue weighted by Gasteiger charge is -2.15. The summed E-state index contributed by atoms with van der Waals surface area (Å²) in [4.78, 5) is 17.5. The lowest BCUT2D eigenvalue weighted by molar-refractivity contribution is 0.550. The van der Waals surface area contributed by atoms with Crippen LogP contribution in [0.1, 0.15) is 17.7 Å². The molecule has 3 heterocycles. The number of rotatable bonds is 5. The lowest BCUT2D eigenvalue weighted by atomic mass is 10.1. The molecule has 6 nitrogen and oxygen atoms in total. The van der Waals surface area contributed by atoms with E-state index in [1.165, 1.54) is 0 Å². The van der Waals surface area contributed by atoms with E-state index in [4.69, 9.17) is 11.6 Å². The van der Waals surface area contributed by atoms with Crippen LogP contribution in [0, 0.1) is 0 Å². The SMILES string of the molecule is O=c1c(CNC2CCS(=O)(=O)C2)cc2ccc(Cl)cc2n1Cc1ccccn1. The fourth-order valence-corrected chi connectivity index (χ4v) is 5.43. The van der Waals surface area contributed by atoms with Crippen molar-refractivity contribution in [3.63, 3.8) is 0 Å². The van der Waals surface area contributed by atoms with E-state index in [1.807, 2.05) is 30.3 Å². The van der Waals surface area contributed by atoms with Gasteiger partial charge >= 0.3 is 0 Å². The molecule has 1 fully saturated rings. The molecule has 2 aromatic heterocycles. The second kappa shape index (κ2) is 7.66. The number of hydrogen-bond acceptors (Lipinski definition) is 5. The Kier molecular flexibility index (Phi) is 5.23. The summed E-state index contributed by atoms with van der Waals surface area (Å²) in [6, 6.07) is 12.8. The molecule has 1 saturated heterocycles. The molecule has 3 aromatic rings. The monoisotopic (exact) mass is 417 g/mol. The largest absolute Gasteiger partial charge is 0.309 e. The van der Waals surface area contributed by atoms with Crippen LogP contribution in [0.15, 0.2) is 53.5 Å². The van der Waals surface area contributed by atoms with Crippen LogP contribution in [-0.2, 0) is 22.9 Å². The fraction of sp³-hybridized carbons (Fsp3) is 0.300. The van der Waals surface area contributed by atoms with Crippen LogP contribution < -0.4 is 10.9 Å². The molecule has 0 bridgehead atoms. The highest BCUT2D eigenvalue weighted by atomic mass is 35.5. The van der Waals surface area contributed by atoms with Crippen molar-refractivity contribution in [3.05, 3.63) is 75.3 Å². The van der Waals surface area contributed by atoms with Gasteiger partial charge < -0.3 is 9.88 Å². The van der Waals surface area contributed by atoms with E-state index >= 15 is 0 Å². The van der Waals surface area contributed by atoms with Crippen molar-refractivity contribution in [2.45, 2.75) is 25.6 Å². The molecule has 1 aromatic carbocycles. The van der Waals surface area contributed by atoms with E-state index in [1.54, 1.807) is 22.9 Å². The summed E-state index contributed by atoms with van der Waals surface area (Å²) in [5.41, 5.74) is 1.98. The number of fused-ring (bicyclic) bond motifs is 1. The maximum absolute atomic E-state index is 13.2. The van der Waals surface area contributed by atoms with Crippen molar-refractivity contribution < 1.29 is 8.42 Å². The average Bonchev–Trinajstić information content (AvgIpc) is 3.03. The lowest BCUT2D eigenvalue weighted by Crippen LogP contribution is -2.33. The van der Waals surface area contributed by atoms with Crippen LogP contribution >= 0.6 is 11.6 Å². The van der Waals surface area contributed by atoms with E-state index in [9.17, 15) is 13.2 Å². The van der Waals surface area contributed by atoms with Gasteiger partial charge in [-0.15, -0.1) is 0 Å². The molecule has 146 valence electrons. The first-order valence-corrected chi connectivity index (χ1v) is 11.3. The maximum atomic E-state index is 13.2. The Morgan fingerprint density at radius 2 is 2.07 bits per heavy atom. The van der Waals surface area contributed by atoms with Gasteiger partial charge in [0, 0.05) is 29.4 Å². The third-order valence-corrected chi connectivity index (χ3v) is 7.00. The number of nitrogens with one attached hydrogen (secondary N) is 1. The highest BCUT2D eigenvalue weighted by Gasteiger charge is 2.27. The standard InChI is InChI=1S/C20H20ClN3O3S/c21-16-5-4-14-9-15(11-23-18-6-8-28(26,27)13-18)20(25)24(19(14)10-16)12-17-3-1-2-7-22-17/h1-5,7,9-10,18,23H,6,8,11-13H2. The van der Waals surface area contributed by atoms with Crippen LogP contribution in [0.2, 0.25) is 5.02 Å². The van der Waals surface area contributed by atoms with Gasteiger partial charge in [-0.3, -0.25) is 9.78 Å². The van der Waals surface area contributed by atoms with Crippen molar-refractivity contribution in [1.29, 1.82) is 0 Å².